The number of nitrogens with zero attached hydrogens (tertiary/aromatic N) is 1. The predicted octanol–water partition coefficient (Wildman–Crippen LogP) is 3.42. The zero-order valence-electron chi connectivity index (χ0n) is 10.7. The average Bonchev–Trinajstić information content (AvgIpc) is 2.86. The van der Waals surface area contributed by atoms with E-state index < -0.39 is 0 Å². The van der Waals surface area contributed by atoms with Crippen molar-refractivity contribution in [3.05, 3.63) is 23.8 Å². The number of benzene rings is 1. The van der Waals surface area contributed by atoms with Crippen molar-refractivity contribution in [3.8, 4) is 0 Å². The van der Waals surface area contributed by atoms with Crippen LogP contribution in [0.5, 0.6) is 0 Å². The molecule has 0 bridgehead atoms. The molecular formula is C15H22N2. The Kier molecular flexibility index (Phi) is 2.96. The summed E-state index contributed by atoms with van der Waals surface area (Å²) in [6.45, 7) is 4.68. The van der Waals surface area contributed by atoms with E-state index in [4.69, 9.17) is 0 Å². The number of hydrogen-bond donors (Lipinski definition) is 1. The topological polar surface area (TPSA) is 15.3 Å². The Bertz CT molecular complexity index is 400. The second kappa shape index (κ2) is 4.59. The molecule has 17 heavy (non-hydrogen) atoms. The number of hydrogen-bond acceptors (Lipinski definition) is 2. The molecule has 2 heterocycles. The average molecular weight is 230 g/mol. The van der Waals surface area contributed by atoms with Crippen molar-refractivity contribution in [2.75, 3.05) is 23.3 Å². The van der Waals surface area contributed by atoms with Gasteiger partial charge in [0, 0.05) is 19.1 Å². The lowest BCUT2D eigenvalue weighted by Gasteiger charge is -2.31. The Labute approximate surface area is 104 Å². The molecule has 2 heteroatoms. The molecule has 2 aliphatic heterocycles. The molecule has 92 valence electrons. The fourth-order valence-electron chi connectivity index (χ4n) is 3.31. The second-order valence-corrected chi connectivity index (χ2v) is 5.24. The quantitative estimate of drug-likeness (QED) is 0.837. The third-order valence-electron chi connectivity index (χ3n) is 4.21. The minimum absolute atomic E-state index is 0.755. The molecule has 0 aromatic heterocycles. The zero-order chi connectivity index (χ0) is 11.7. The van der Waals surface area contributed by atoms with Crippen LogP contribution >= 0.6 is 0 Å². The SMILES string of the molecule is CCC1CCCN1c1cccc2c1NCCC2. The number of fused-ring (bicyclic) bond motifs is 1. The van der Waals surface area contributed by atoms with E-state index in [-0.39, 0.29) is 0 Å². The van der Waals surface area contributed by atoms with Crippen LogP contribution in [0.15, 0.2) is 18.2 Å². The van der Waals surface area contributed by atoms with Gasteiger partial charge in [0.05, 0.1) is 11.4 Å². The molecule has 0 spiro atoms. The maximum atomic E-state index is 3.61. The van der Waals surface area contributed by atoms with Gasteiger partial charge in [0.15, 0.2) is 0 Å². The Balaban J connectivity index is 1.97. The third-order valence-corrected chi connectivity index (χ3v) is 4.21. The first-order valence-corrected chi connectivity index (χ1v) is 7.02. The van der Waals surface area contributed by atoms with Gasteiger partial charge in [0.1, 0.15) is 0 Å². The van der Waals surface area contributed by atoms with Crippen LogP contribution in [-0.4, -0.2) is 19.1 Å². The van der Waals surface area contributed by atoms with Crippen LogP contribution in [0.1, 0.15) is 38.2 Å². The molecule has 2 nitrogen and oxygen atoms in total. The summed E-state index contributed by atoms with van der Waals surface area (Å²) in [7, 11) is 0. The maximum absolute atomic E-state index is 3.61. The first-order chi connectivity index (χ1) is 8.40. The highest BCUT2D eigenvalue weighted by Crippen LogP contribution is 2.37. The lowest BCUT2D eigenvalue weighted by molar-refractivity contribution is 0.645. The van der Waals surface area contributed by atoms with E-state index in [1.54, 1.807) is 0 Å². The van der Waals surface area contributed by atoms with Gasteiger partial charge < -0.3 is 10.2 Å². The van der Waals surface area contributed by atoms with Crippen LogP contribution in [0.2, 0.25) is 0 Å². The molecule has 1 atom stereocenters. The molecule has 0 amide bonds. The second-order valence-electron chi connectivity index (χ2n) is 5.24. The number of rotatable bonds is 2. The van der Waals surface area contributed by atoms with Gasteiger partial charge in [-0.05, 0) is 43.7 Å². The first-order valence-electron chi connectivity index (χ1n) is 7.02. The van der Waals surface area contributed by atoms with Crippen LogP contribution in [0.25, 0.3) is 0 Å². The highest BCUT2D eigenvalue weighted by Gasteiger charge is 2.26. The van der Waals surface area contributed by atoms with Crippen LogP contribution in [0, 0.1) is 0 Å². The van der Waals surface area contributed by atoms with Crippen molar-refractivity contribution in [1.29, 1.82) is 0 Å². The number of nitrogens with one attached hydrogen (secondary N) is 1. The molecule has 1 unspecified atom stereocenters. The lowest BCUT2D eigenvalue weighted by Crippen LogP contribution is -2.30. The number of anilines is 2. The molecule has 3 rings (SSSR count). The van der Waals surface area contributed by atoms with Gasteiger partial charge in [0.25, 0.3) is 0 Å². The summed E-state index contributed by atoms with van der Waals surface area (Å²) in [4.78, 5) is 2.62. The lowest BCUT2D eigenvalue weighted by atomic mass is 10.0. The van der Waals surface area contributed by atoms with Gasteiger partial charge in [-0.25, -0.2) is 0 Å². The number of aryl methyl sites for hydroxylation is 1. The molecule has 1 fully saturated rings. The van der Waals surface area contributed by atoms with E-state index in [1.807, 2.05) is 0 Å². The van der Waals surface area contributed by atoms with Gasteiger partial charge in [-0.1, -0.05) is 19.1 Å². The Morgan fingerprint density at radius 3 is 3.18 bits per heavy atom. The molecule has 1 saturated heterocycles. The molecule has 1 aromatic rings. The highest BCUT2D eigenvalue weighted by molar-refractivity contribution is 5.75. The predicted molar refractivity (Wildman–Crippen MR) is 73.9 cm³/mol. The van der Waals surface area contributed by atoms with Gasteiger partial charge >= 0.3 is 0 Å². The van der Waals surface area contributed by atoms with Crippen LogP contribution in [0.3, 0.4) is 0 Å². The fraction of sp³-hybridized carbons (Fsp3) is 0.600. The molecule has 0 saturated carbocycles. The normalized spacial score (nSPS) is 23.4. The van der Waals surface area contributed by atoms with E-state index >= 15 is 0 Å². The fourth-order valence-corrected chi connectivity index (χ4v) is 3.31. The first kappa shape index (κ1) is 10.9. The van der Waals surface area contributed by atoms with E-state index in [2.05, 4.69) is 35.3 Å². The molecule has 2 aliphatic rings. The molecule has 1 N–H and O–H groups in total. The number of para-hydroxylation sites is 1. The summed E-state index contributed by atoms with van der Waals surface area (Å²) in [6, 6.07) is 7.56. The molecule has 1 aromatic carbocycles. The Hall–Kier alpha value is -1.18. The van der Waals surface area contributed by atoms with E-state index in [9.17, 15) is 0 Å². The smallest absolute Gasteiger partial charge is 0.0610 e. The largest absolute Gasteiger partial charge is 0.383 e. The van der Waals surface area contributed by atoms with Crippen molar-refractivity contribution in [2.24, 2.45) is 0 Å². The standard InChI is InChI=1S/C15H22N2/c1-2-13-8-5-11-17(13)14-9-3-6-12-7-4-10-16-15(12)14/h3,6,9,13,16H,2,4-5,7-8,10-11H2,1H3. The Morgan fingerprint density at radius 1 is 1.35 bits per heavy atom. The van der Waals surface area contributed by atoms with Crippen molar-refractivity contribution in [2.45, 2.75) is 45.1 Å². The molecule has 0 radical (unpaired) electrons. The van der Waals surface area contributed by atoms with Gasteiger partial charge in [0.2, 0.25) is 0 Å². The van der Waals surface area contributed by atoms with Crippen LogP contribution in [0.4, 0.5) is 11.4 Å². The van der Waals surface area contributed by atoms with Gasteiger partial charge in [-0.2, -0.15) is 0 Å². The highest BCUT2D eigenvalue weighted by atomic mass is 15.2. The summed E-state index contributed by atoms with van der Waals surface area (Å²) in [5.41, 5.74) is 4.38. The van der Waals surface area contributed by atoms with Crippen molar-refractivity contribution in [1.82, 2.24) is 0 Å². The summed E-state index contributed by atoms with van der Waals surface area (Å²) >= 11 is 0. The van der Waals surface area contributed by atoms with Crippen molar-refractivity contribution < 1.29 is 0 Å². The minimum Gasteiger partial charge on any atom is -0.383 e. The molecule has 0 aliphatic carbocycles. The Morgan fingerprint density at radius 2 is 2.29 bits per heavy atom. The minimum atomic E-state index is 0.755. The van der Waals surface area contributed by atoms with E-state index in [0.29, 0.717) is 0 Å². The monoisotopic (exact) mass is 230 g/mol. The van der Waals surface area contributed by atoms with Crippen LogP contribution in [-0.2, 0) is 6.42 Å². The summed E-state index contributed by atoms with van der Waals surface area (Å²) in [5, 5.41) is 3.61. The van der Waals surface area contributed by atoms with E-state index in [0.717, 1.165) is 12.6 Å². The third kappa shape index (κ3) is 1.90. The van der Waals surface area contributed by atoms with Crippen molar-refractivity contribution >= 4 is 11.4 Å². The van der Waals surface area contributed by atoms with Gasteiger partial charge in [-0.15, -0.1) is 0 Å². The van der Waals surface area contributed by atoms with Crippen LogP contribution < -0.4 is 10.2 Å². The zero-order valence-corrected chi connectivity index (χ0v) is 10.7. The maximum Gasteiger partial charge on any atom is 0.0610 e. The molecular weight excluding hydrogens is 208 g/mol. The van der Waals surface area contributed by atoms with Gasteiger partial charge in [-0.3, -0.25) is 0 Å². The summed E-state index contributed by atoms with van der Waals surface area (Å²) < 4.78 is 0. The van der Waals surface area contributed by atoms with Crippen molar-refractivity contribution in [3.63, 3.8) is 0 Å². The summed E-state index contributed by atoms with van der Waals surface area (Å²) in [5.74, 6) is 0. The summed E-state index contributed by atoms with van der Waals surface area (Å²) in [6.07, 6.45) is 6.49. The van der Waals surface area contributed by atoms with E-state index in [1.165, 1.54) is 55.6 Å².